The van der Waals surface area contributed by atoms with Gasteiger partial charge in [0.05, 0.1) is 29.6 Å². The summed E-state index contributed by atoms with van der Waals surface area (Å²) in [4.78, 5) is 27.8. The molecule has 0 bridgehead atoms. The molecule has 0 saturated heterocycles. The Labute approximate surface area is 202 Å². The zero-order chi connectivity index (χ0) is 24.9. The van der Waals surface area contributed by atoms with E-state index in [0.29, 0.717) is 12.1 Å². The molecule has 2 heterocycles. The molecule has 0 N–H and O–H groups in total. The molecule has 9 heteroatoms. The normalized spacial score (nSPS) is 15.3. The Kier molecular flexibility index (Phi) is 7.36. The number of ether oxygens (including phenoxy) is 1. The van der Waals surface area contributed by atoms with Gasteiger partial charge in [-0.2, -0.15) is 5.10 Å². The molecule has 0 fully saturated rings. The highest BCUT2D eigenvalue weighted by Gasteiger charge is 2.35. The smallest absolute Gasteiger partial charge is 0.262 e. The zero-order valence-electron chi connectivity index (χ0n) is 19.5. The van der Waals surface area contributed by atoms with Crippen molar-refractivity contribution >= 4 is 17.5 Å². The summed E-state index contributed by atoms with van der Waals surface area (Å²) >= 11 is 0. The molecule has 1 atom stereocenters. The van der Waals surface area contributed by atoms with E-state index in [0.717, 1.165) is 11.3 Å². The van der Waals surface area contributed by atoms with Crippen LogP contribution in [0.1, 0.15) is 34.1 Å². The van der Waals surface area contributed by atoms with Crippen LogP contribution in [0, 0.1) is 11.6 Å². The van der Waals surface area contributed by atoms with Gasteiger partial charge in [-0.25, -0.2) is 13.8 Å². The zero-order valence-corrected chi connectivity index (χ0v) is 19.5. The number of hydrogen-bond acceptors (Lipinski definition) is 4. The average molecular weight is 481 g/mol. The number of carbonyl (C=O) groups is 2. The molecule has 0 aliphatic carbocycles. The van der Waals surface area contributed by atoms with Crippen molar-refractivity contribution in [1.29, 1.82) is 0 Å². The van der Waals surface area contributed by atoms with E-state index in [9.17, 15) is 18.4 Å². The first kappa shape index (κ1) is 24.3. The quantitative estimate of drug-likeness (QED) is 0.493. The molecule has 35 heavy (non-hydrogen) atoms. The van der Waals surface area contributed by atoms with Crippen LogP contribution in [0.3, 0.4) is 0 Å². The minimum Gasteiger partial charge on any atom is -0.383 e. The second-order valence-electron chi connectivity index (χ2n) is 8.26. The molecule has 1 aromatic heterocycles. The van der Waals surface area contributed by atoms with E-state index in [2.05, 4.69) is 5.10 Å². The van der Waals surface area contributed by atoms with Crippen LogP contribution in [0.4, 0.5) is 8.78 Å². The third-order valence-corrected chi connectivity index (χ3v) is 5.94. The predicted molar refractivity (Wildman–Crippen MR) is 127 cm³/mol. The van der Waals surface area contributed by atoms with Gasteiger partial charge in [-0.1, -0.05) is 24.3 Å². The van der Waals surface area contributed by atoms with Gasteiger partial charge < -0.3 is 14.2 Å². The maximum atomic E-state index is 14.3. The van der Waals surface area contributed by atoms with E-state index in [1.165, 1.54) is 47.4 Å². The second-order valence-corrected chi connectivity index (χ2v) is 8.26. The lowest BCUT2D eigenvalue weighted by Gasteiger charge is -2.27. The van der Waals surface area contributed by atoms with Gasteiger partial charge in [-0.05, 0) is 42.0 Å². The van der Waals surface area contributed by atoms with Gasteiger partial charge in [-0.15, -0.1) is 0 Å². The van der Waals surface area contributed by atoms with Crippen LogP contribution in [0.25, 0.3) is 0 Å². The monoisotopic (exact) mass is 480 g/mol. The number of carbonyl (C=O) groups excluding carboxylic acids is 2. The van der Waals surface area contributed by atoms with E-state index in [-0.39, 0.29) is 31.1 Å². The number of aromatic nitrogens is 1. The number of hydrogen-bond donors (Lipinski definition) is 0. The molecule has 0 unspecified atom stereocenters. The molecule has 2 aromatic carbocycles. The van der Waals surface area contributed by atoms with Crippen molar-refractivity contribution in [2.45, 2.75) is 12.5 Å². The first-order valence-electron chi connectivity index (χ1n) is 11.2. The van der Waals surface area contributed by atoms with E-state index in [4.69, 9.17) is 4.74 Å². The largest absolute Gasteiger partial charge is 0.383 e. The van der Waals surface area contributed by atoms with Crippen molar-refractivity contribution in [2.24, 2.45) is 12.1 Å². The number of halogens is 2. The van der Waals surface area contributed by atoms with Crippen LogP contribution >= 0.6 is 0 Å². The standard InChI is InChI=1S/C26H26F2N4O3/c1-30-13-5-8-23(30)22-16-24(18-9-11-19(27)12-10-18)32(29-22)25(33)17-31(14-15-35-2)26(34)20-6-3-4-7-21(20)28/h3-13,24H,14-17H2,1-2H3/t24-/m0/s1. The van der Waals surface area contributed by atoms with Crippen LogP contribution in [-0.2, 0) is 16.6 Å². The third kappa shape index (κ3) is 5.30. The lowest BCUT2D eigenvalue weighted by atomic mass is 10.0. The lowest BCUT2D eigenvalue weighted by molar-refractivity contribution is -0.133. The third-order valence-electron chi connectivity index (χ3n) is 5.94. The Morgan fingerprint density at radius 3 is 2.49 bits per heavy atom. The summed E-state index contributed by atoms with van der Waals surface area (Å²) in [5.41, 5.74) is 2.15. The van der Waals surface area contributed by atoms with Crippen molar-refractivity contribution < 1.29 is 23.1 Å². The van der Waals surface area contributed by atoms with E-state index < -0.39 is 23.7 Å². The molecule has 0 saturated carbocycles. The molecule has 1 aliphatic rings. The molecule has 7 nitrogen and oxygen atoms in total. The van der Waals surface area contributed by atoms with E-state index in [1.807, 2.05) is 29.9 Å². The number of benzene rings is 2. The average Bonchev–Trinajstić information content (AvgIpc) is 3.48. The number of amides is 2. The van der Waals surface area contributed by atoms with Crippen molar-refractivity contribution in [3.63, 3.8) is 0 Å². The molecule has 4 rings (SSSR count). The molecule has 182 valence electrons. The Morgan fingerprint density at radius 1 is 1.09 bits per heavy atom. The van der Waals surface area contributed by atoms with Crippen LogP contribution in [0.2, 0.25) is 0 Å². The maximum absolute atomic E-state index is 14.3. The van der Waals surface area contributed by atoms with Gasteiger partial charge in [0, 0.05) is 33.3 Å². The summed E-state index contributed by atoms with van der Waals surface area (Å²) in [5.74, 6) is -2.10. The van der Waals surface area contributed by atoms with E-state index >= 15 is 0 Å². The fourth-order valence-electron chi connectivity index (χ4n) is 4.10. The van der Waals surface area contributed by atoms with Crippen LogP contribution in [-0.4, -0.2) is 58.8 Å². The Morgan fingerprint density at radius 2 is 1.83 bits per heavy atom. The Balaban J connectivity index is 1.63. The van der Waals surface area contributed by atoms with E-state index in [1.54, 1.807) is 18.2 Å². The van der Waals surface area contributed by atoms with Crippen LogP contribution in [0.15, 0.2) is 72.0 Å². The first-order valence-corrected chi connectivity index (χ1v) is 11.2. The molecule has 0 spiro atoms. The molecule has 1 aliphatic heterocycles. The molecule has 0 radical (unpaired) electrons. The summed E-state index contributed by atoms with van der Waals surface area (Å²) in [5, 5.41) is 5.93. The minimum absolute atomic E-state index is 0.0961. The second kappa shape index (κ2) is 10.6. The van der Waals surface area contributed by atoms with Gasteiger partial charge in [-0.3, -0.25) is 9.59 Å². The molecular formula is C26H26F2N4O3. The minimum atomic E-state index is -0.665. The highest BCUT2D eigenvalue weighted by molar-refractivity contribution is 6.02. The summed E-state index contributed by atoms with van der Waals surface area (Å²) in [6, 6.07) is 14.9. The summed E-state index contributed by atoms with van der Waals surface area (Å²) in [7, 11) is 3.36. The maximum Gasteiger partial charge on any atom is 0.262 e. The molecular weight excluding hydrogens is 454 g/mol. The summed E-state index contributed by atoms with van der Waals surface area (Å²) < 4.78 is 34.9. The SMILES string of the molecule is COCCN(CC(=O)N1N=C(c2cccn2C)C[C@H]1c1ccc(F)cc1)C(=O)c1ccccc1F. The fraction of sp³-hybridized carbons (Fsp3) is 0.269. The summed E-state index contributed by atoms with van der Waals surface area (Å²) in [6.45, 7) is -0.0519. The van der Waals surface area contributed by atoms with Crippen LogP contribution in [0.5, 0.6) is 0 Å². The van der Waals surface area contributed by atoms with Gasteiger partial charge in [0.25, 0.3) is 11.8 Å². The van der Waals surface area contributed by atoms with Crippen molar-refractivity contribution in [3.8, 4) is 0 Å². The number of nitrogens with zero attached hydrogens (tertiary/aromatic N) is 4. The van der Waals surface area contributed by atoms with Crippen molar-refractivity contribution in [1.82, 2.24) is 14.5 Å². The number of methoxy groups -OCH3 is 1. The van der Waals surface area contributed by atoms with Gasteiger partial charge in [0.15, 0.2) is 0 Å². The number of rotatable bonds is 8. The van der Waals surface area contributed by atoms with Gasteiger partial charge in [0.2, 0.25) is 0 Å². The van der Waals surface area contributed by atoms with Crippen molar-refractivity contribution in [2.75, 3.05) is 26.8 Å². The van der Waals surface area contributed by atoms with Crippen molar-refractivity contribution in [3.05, 3.63) is 95.3 Å². The first-order chi connectivity index (χ1) is 16.9. The van der Waals surface area contributed by atoms with Crippen LogP contribution < -0.4 is 0 Å². The number of hydrazone groups is 1. The Bertz CT molecular complexity index is 1240. The highest BCUT2D eigenvalue weighted by atomic mass is 19.1. The topological polar surface area (TPSA) is 67.1 Å². The fourth-order valence-corrected chi connectivity index (χ4v) is 4.10. The van der Waals surface area contributed by atoms with Gasteiger partial charge >= 0.3 is 0 Å². The molecule has 2 amide bonds. The lowest BCUT2D eigenvalue weighted by Crippen LogP contribution is -2.43. The Hall–Kier alpha value is -3.85. The number of aryl methyl sites for hydroxylation is 1. The van der Waals surface area contributed by atoms with Gasteiger partial charge in [0.1, 0.15) is 18.2 Å². The molecule has 3 aromatic rings. The highest BCUT2D eigenvalue weighted by Crippen LogP contribution is 2.33. The predicted octanol–water partition coefficient (Wildman–Crippen LogP) is 3.77. The summed E-state index contributed by atoms with van der Waals surface area (Å²) in [6.07, 6.45) is 2.31.